The lowest BCUT2D eigenvalue weighted by Gasteiger charge is -2.25. The largest absolute Gasteiger partial charge is 0.453 e. The van der Waals surface area contributed by atoms with Gasteiger partial charge in [-0.1, -0.05) is 30.3 Å². The summed E-state index contributed by atoms with van der Waals surface area (Å²) in [5.41, 5.74) is 0.353. The molecule has 0 unspecified atom stereocenters. The molecule has 1 aromatic carbocycles. The minimum absolute atomic E-state index is 0.0176. The monoisotopic (exact) mass is 208 g/mol. The number of methoxy groups -OCH3 is 1. The van der Waals surface area contributed by atoms with Gasteiger partial charge in [-0.25, -0.2) is 4.79 Å². The van der Waals surface area contributed by atoms with E-state index in [0.717, 1.165) is 5.56 Å². The molecule has 0 bridgehead atoms. The topological polar surface area (TPSA) is 35.5 Å². The molecule has 0 spiro atoms. The molecule has 0 aliphatic carbocycles. The van der Waals surface area contributed by atoms with E-state index in [2.05, 4.69) is 0 Å². The standard InChI is InChI=1S/C12H16O3/c1-12(2,15-11(13)9-14-3)10-7-5-4-6-8-10/h4-8H,9H2,1-3H3. The normalized spacial score (nSPS) is 11.1. The summed E-state index contributed by atoms with van der Waals surface area (Å²) in [7, 11) is 1.47. The summed E-state index contributed by atoms with van der Waals surface area (Å²) < 4.78 is 10.0. The lowest BCUT2D eigenvalue weighted by molar-refractivity contribution is -0.161. The molecule has 3 nitrogen and oxygen atoms in total. The zero-order chi connectivity index (χ0) is 11.3. The molecule has 0 aliphatic rings. The van der Waals surface area contributed by atoms with Crippen molar-refractivity contribution in [1.29, 1.82) is 0 Å². The summed E-state index contributed by atoms with van der Waals surface area (Å²) in [6.45, 7) is 3.70. The number of carbonyl (C=O) groups is 1. The predicted octanol–water partition coefficient (Wildman–Crippen LogP) is 2.11. The minimum Gasteiger partial charge on any atom is -0.453 e. The third-order valence-electron chi connectivity index (χ3n) is 2.10. The van der Waals surface area contributed by atoms with Gasteiger partial charge in [0.15, 0.2) is 0 Å². The van der Waals surface area contributed by atoms with Gasteiger partial charge in [0, 0.05) is 7.11 Å². The number of hydrogen-bond donors (Lipinski definition) is 0. The lowest BCUT2D eigenvalue weighted by Crippen LogP contribution is -2.27. The highest BCUT2D eigenvalue weighted by Crippen LogP contribution is 2.24. The van der Waals surface area contributed by atoms with E-state index < -0.39 is 5.60 Å². The lowest BCUT2D eigenvalue weighted by atomic mass is 9.98. The molecule has 0 atom stereocenters. The number of hydrogen-bond acceptors (Lipinski definition) is 3. The summed E-state index contributed by atoms with van der Waals surface area (Å²) in [5, 5.41) is 0. The third-order valence-corrected chi connectivity index (χ3v) is 2.10. The van der Waals surface area contributed by atoms with Gasteiger partial charge in [0.25, 0.3) is 0 Å². The van der Waals surface area contributed by atoms with Crippen molar-refractivity contribution in [1.82, 2.24) is 0 Å². The summed E-state index contributed by atoms with van der Waals surface area (Å²) in [6, 6.07) is 9.62. The van der Waals surface area contributed by atoms with Crippen LogP contribution < -0.4 is 0 Å². The minimum atomic E-state index is -0.614. The predicted molar refractivity (Wildman–Crippen MR) is 57.4 cm³/mol. The Morgan fingerprint density at radius 1 is 1.27 bits per heavy atom. The van der Waals surface area contributed by atoms with Gasteiger partial charge < -0.3 is 9.47 Å². The Labute approximate surface area is 90.0 Å². The van der Waals surface area contributed by atoms with Gasteiger partial charge >= 0.3 is 5.97 Å². The van der Waals surface area contributed by atoms with Crippen LogP contribution in [0.1, 0.15) is 19.4 Å². The van der Waals surface area contributed by atoms with E-state index in [1.165, 1.54) is 7.11 Å². The second-order valence-electron chi connectivity index (χ2n) is 3.78. The molecule has 82 valence electrons. The van der Waals surface area contributed by atoms with Crippen LogP contribution in [0.15, 0.2) is 30.3 Å². The van der Waals surface area contributed by atoms with Crippen LogP contribution in [0.3, 0.4) is 0 Å². The van der Waals surface area contributed by atoms with E-state index in [1.807, 2.05) is 44.2 Å². The average molecular weight is 208 g/mol. The van der Waals surface area contributed by atoms with Crippen LogP contribution in [0.4, 0.5) is 0 Å². The molecular formula is C12H16O3. The maximum Gasteiger partial charge on any atom is 0.332 e. The Balaban J connectivity index is 2.71. The molecule has 1 aromatic rings. The summed E-state index contributed by atoms with van der Waals surface area (Å²) in [4.78, 5) is 11.3. The SMILES string of the molecule is COCC(=O)OC(C)(C)c1ccccc1. The number of carbonyl (C=O) groups excluding carboxylic acids is 1. The number of benzene rings is 1. The molecule has 0 saturated carbocycles. The number of ether oxygens (including phenoxy) is 2. The van der Waals surface area contributed by atoms with Gasteiger partial charge in [-0.05, 0) is 19.4 Å². The quantitative estimate of drug-likeness (QED) is 0.711. The molecule has 15 heavy (non-hydrogen) atoms. The Kier molecular flexibility index (Phi) is 3.86. The van der Waals surface area contributed by atoms with Crippen molar-refractivity contribution in [2.75, 3.05) is 13.7 Å². The fourth-order valence-electron chi connectivity index (χ4n) is 1.33. The van der Waals surface area contributed by atoms with Gasteiger partial charge in [0.05, 0.1) is 0 Å². The number of rotatable bonds is 4. The summed E-state index contributed by atoms with van der Waals surface area (Å²) >= 11 is 0. The van der Waals surface area contributed by atoms with Crippen LogP contribution in [-0.2, 0) is 19.9 Å². The molecule has 0 N–H and O–H groups in total. The third kappa shape index (κ3) is 3.36. The van der Waals surface area contributed by atoms with Gasteiger partial charge in [0.2, 0.25) is 0 Å². The molecule has 0 aliphatic heterocycles. The van der Waals surface area contributed by atoms with Crippen LogP contribution >= 0.6 is 0 Å². The highest BCUT2D eigenvalue weighted by atomic mass is 16.6. The van der Waals surface area contributed by atoms with Gasteiger partial charge in [0.1, 0.15) is 12.2 Å². The fourth-order valence-corrected chi connectivity index (χ4v) is 1.33. The van der Waals surface area contributed by atoms with Gasteiger partial charge in [-0.3, -0.25) is 0 Å². The highest BCUT2D eigenvalue weighted by Gasteiger charge is 2.24. The molecule has 1 rings (SSSR count). The molecule has 0 radical (unpaired) electrons. The van der Waals surface area contributed by atoms with Crippen molar-refractivity contribution < 1.29 is 14.3 Å². The first kappa shape index (κ1) is 11.7. The Morgan fingerprint density at radius 2 is 1.87 bits per heavy atom. The van der Waals surface area contributed by atoms with E-state index in [0.29, 0.717) is 0 Å². The van der Waals surface area contributed by atoms with Crippen molar-refractivity contribution in [2.45, 2.75) is 19.4 Å². The molecule has 0 fully saturated rings. The van der Waals surface area contributed by atoms with E-state index >= 15 is 0 Å². The van der Waals surface area contributed by atoms with Crippen molar-refractivity contribution in [3.8, 4) is 0 Å². The van der Waals surface area contributed by atoms with Crippen LogP contribution in [0, 0.1) is 0 Å². The highest BCUT2D eigenvalue weighted by molar-refractivity contribution is 5.71. The van der Waals surface area contributed by atoms with Crippen LogP contribution in [-0.4, -0.2) is 19.7 Å². The Bertz CT molecular complexity index is 317. The Morgan fingerprint density at radius 3 is 2.40 bits per heavy atom. The molecule has 0 heterocycles. The van der Waals surface area contributed by atoms with Crippen LogP contribution in [0.5, 0.6) is 0 Å². The van der Waals surface area contributed by atoms with E-state index in [1.54, 1.807) is 0 Å². The molecule has 0 aromatic heterocycles. The smallest absolute Gasteiger partial charge is 0.332 e. The first-order valence-corrected chi connectivity index (χ1v) is 4.82. The molecule has 0 amide bonds. The molecule has 0 saturated heterocycles. The zero-order valence-corrected chi connectivity index (χ0v) is 9.32. The Hall–Kier alpha value is -1.35. The maximum absolute atomic E-state index is 11.3. The van der Waals surface area contributed by atoms with Crippen LogP contribution in [0.2, 0.25) is 0 Å². The van der Waals surface area contributed by atoms with Crippen molar-refractivity contribution in [2.24, 2.45) is 0 Å². The second-order valence-corrected chi connectivity index (χ2v) is 3.78. The van der Waals surface area contributed by atoms with E-state index in [9.17, 15) is 4.79 Å². The van der Waals surface area contributed by atoms with Crippen molar-refractivity contribution in [3.05, 3.63) is 35.9 Å². The van der Waals surface area contributed by atoms with Gasteiger partial charge in [-0.15, -0.1) is 0 Å². The van der Waals surface area contributed by atoms with E-state index in [4.69, 9.17) is 9.47 Å². The molecular weight excluding hydrogens is 192 g/mol. The number of esters is 1. The average Bonchev–Trinajstić information content (AvgIpc) is 2.18. The van der Waals surface area contributed by atoms with E-state index in [-0.39, 0.29) is 12.6 Å². The van der Waals surface area contributed by atoms with Crippen molar-refractivity contribution >= 4 is 5.97 Å². The summed E-state index contributed by atoms with van der Waals surface area (Å²) in [6.07, 6.45) is 0. The van der Waals surface area contributed by atoms with Crippen LogP contribution in [0.25, 0.3) is 0 Å². The first-order valence-electron chi connectivity index (χ1n) is 4.82. The summed E-state index contributed by atoms with van der Waals surface area (Å²) in [5.74, 6) is -0.355. The second kappa shape index (κ2) is 4.94. The van der Waals surface area contributed by atoms with Crippen molar-refractivity contribution in [3.63, 3.8) is 0 Å². The molecule has 3 heteroatoms. The first-order chi connectivity index (χ1) is 7.06. The maximum atomic E-state index is 11.3. The fraction of sp³-hybridized carbons (Fsp3) is 0.417. The van der Waals surface area contributed by atoms with Gasteiger partial charge in [-0.2, -0.15) is 0 Å². The zero-order valence-electron chi connectivity index (χ0n) is 9.32.